The van der Waals surface area contributed by atoms with E-state index in [0.717, 1.165) is 35.5 Å². The highest BCUT2D eigenvalue weighted by atomic mass is 16.5. The Morgan fingerprint density at radius 2 is 2.03 bits per heavy atom. The van der Waals surface area contributed by atoms with Crippen molar-refractivity contribution < 1.29 is 9.32 Å². The summed E-state index contributed by atoms with van der Waals surface area (Å²) >= 11 is 0. The van der Waals surface area contributed by atoms with Crippen molar-refractivity contribution in [2.75, 3.05) is 18.4 Å². The van der Waals surface area contributed by atoms with Crippen molar-refractivity contribution in [1.29, 1.82) is 0 Å². The number of aryl methyl sites for hydroxylation is 2. The van der Waals surface area contributed by atoms with Crippen LogP contribution in [0.2, 0.25) is 0 Å². The molecule has 10 heteroatoms. The predicted octanol–water partition coefficient (Wildman–Crippen LogP) is 3.03. The lowest BCUT2D eigenvalue weighted by atomic mass is 10.0. The van der Waals surface area contributed by atoms with Gasteiger partial charge in [0.1, 0.15) is 11.3 Å². The fourth-order valence-corrected chi connectivity index (χ4v) is 3.94. The molecule has 0 bridgehead atoms. The number of imidazole rings is 1. The number of amides is 1. The number of carbonyl (C=O) groups is 1. The molecule has 1 saturated heterocycles. The Morgan fingerprint density at radius 3 is 2.79 bits per heavy atom. The van der Waals surface area contributed by atoms with E-state index in [2.05, 4.69) is 30.9 Å². The number of benzene rings is 1. The molecule has 1 fully saturated rings. The summed E-state index contributed by atoms with van der Waals surface area (Å²) in [5, 5.41) is 14.7. The summed E-state index contributed by atoms with van der Waals surface area (Å²) in [6.45, 7) is 3.63. The summed E-state index contributed by atoms with van der Waals surface area (Å²) in [6, 6.07) is 11.5. The SMILES string of the molecule is Cc1ccc(-c2noc(C3CNC3)n2)cc1NC(=O)c1cnc2cc(-c3ccn(C)n3)ccn12. The molecule has 1 aliphatic heterocycles. The second-order valence-electron chi connectivity index (χ2n) is 8.46. The van der Waals surface area contributed by atoms with Crippen LogP contribution >= 0.6 is 0 Å². The number of hydrogen-bond acceptors (Lipinski definition) is 7. The number of carbonyl (C=O) groups excluding carboxylic acids is 1. The standard InChI is InChI=1S/C24H22N8O2/c1-14-3-4-16(22-28-24(34-30-22)17-11-25-12-17)9-19(14)27-23(33)20-13-26-21-10-15(5-8-32(20)21)18-6-7-31(2)29-18/h3-10,13,17,25H,11-12H2,1-2H3,(H,27,33). The highest BCUT2D eigenvalue weighted by Gasteiger charge is 2.25. The second-order valence-corrected chi connectivity index (χ2v) is 8.46. The lowest BCUT2D eigenvalue weighted by molar-refractivity contribution is 0.102. The maximum atomic E-state index is 13.1. The molecule has 1 amide bonds. The Hall–Kier alpha value is -4.31. The minimum Gasteiger partial charge on any atom is -0.339 e. The Labute approximate surface area is 194 Å². The average molecular weight is 454 g/mol. The minimum atomic E-state index is -0.257. The number of rotatable bonds is 5. The molecule has 0 spiro atoms. The number of nitrogens with zero attached hydrogens (tertiary/aromatic N) is 6. The summed E-state index contributed by atoms with van der Waals surface area (Å²) in [5.41, 5.74) is 5.28. The highest BCUT2D eigenvalue weighted by Crippen LogP contribution is 2.27. The fourth-order valence-electron chi connectivity index (χ4n) is 3.94. The van der Waals surface area contributed by atoms with Crippen LogP contribution < -0.4 is 10.6 Å². The van der Waals surface area contributed by atoms with Gasteiger partial charge in [0.15, 0.2) is 0 Å². The summed E-state index contributed by atoms with van der Waals surface area (Å²) in [5.74, 6) is 1.15. The molecule has 5 heterocycles. The van der Waals surface area contributed by atoms with E-state index in [4.69, 9.17) is 4.52 Å². The van der Waals surface area contributed by atoms with E-state index in [0.29, 0.717) is 28.7 Å². The molecule has 0 atom stereocenters. The van der Waals surface area contributed by atoms with E-state index in [1.54, 1.807) is 15.3 Å². The Morgan fingerprint density at radius 1 is 1.15 bits per heavy atom. The smallest absolute Gasteiger partial charge is 0.274 e. The van der Waals surface area contributed by atoms with Gasteiger partial charge in [-0.15, -0.1) is 0 Å². The van der Waals surface area contributed by atoms with Crippen molar-refractivity contribution in [2.24, 2.45) is 7.05 Å². The van der Waals surface area contributed by atoms with Crippen molar-refractivity contribution in [3.63, 3.8) is 0 Å². The van der Waals surface area contributed by atoms with Gasteiger partial charge >= 0.3 is 0 Å². The zero-order valence-corrected chi connectivity index (χ0v) is 18.7. The Balaban J connectivity index is 1.26. The monoisotopic (exact) mass is 454 g/mol. The zero-order chi connectivity index (χ0) is 23.2. The van der Waals surface area contributed by atoms with Gasteiger partial charge in [-0.05, 0) is 36.8 Å². The summed E-state index contributed by atoms with van der Waals surface area (Å²) < 4.78 is 8.93. The summed E-state index contributed by atoms with van der Waals surface area (Å²) in [7, 11) is 1.88. The van der Waals surface area contributed by atoms with Crippen molar-refractivity contribution in [3.8, 4) is 22.6 Å². The molecular weight excluding hydrogens is 432 g/mol. The second kappa shape index (κ2) is 7.92. The first kappa shape index (κ1) is 20.3. The third-order valence-corrected chi connectivity index (χ3v) is 6.07. The molecule has 0 saturated carbocycles. The van der Waals surface area contributed by atoms with Gasteiger partial charge in [-0.1, -0.05) is 17.3 Å². The Kier molecular flexibility index (Phi) is 4.73. The lowest BCUT2D eigenvalue weighted by Gasteiger charge is -2.22. The fraction of sp³-hybridized carbons (Fsp3) is 0.208. The number of aromatic nitrogens is 6. The number of pyridine rings is 1. The van der Waals surface area contributed by atoms with Crippen LogP contribution in [0.4, 0.5) is 5.69 Å². The molecule has 170 valence electrons. The van der Waals surface area contributed by atoms with Crippen LogP contribution in [0.3, 0.4) is 0 Å². The van der Waals surface area contributed by atoms with E-state index >= 15 is 0 Å². The maximum absolute atomic E-state index is 13.1. The zero-order valence-electron chi connectivity index (χ0n) is 18.7. The minimum absolute atomic E-state index is 0.257. The maximum Gasteiger partial charge on any atom is 0.274 e. The van der Waals surface area contributed by atoms with Gasteiger partial charge in [-0.2, -0.15) is 10.1 Å². The van der Waals surface area contributed by atoms with Crippen LogP contribution in [0, 0.1) is 6.92 Å². The average Bonchev–Trinajstić information content (AvgIpc) is 3.53. The lowest BCUT2D eigenvalue weighted by Crippen LogP contribution is -2.40. The molecule has 0 radical (unpaired) electrons. The molecule has 0 unspecified atom stereocenters. The van der Waals surface area contributed by atoms with Gasteiger partial charge in [-0.3, -0.25) is 13.9 Å². The van der Waals surface area contributed by atoms with Crippen LogP contribution in [0.15, 0.2) is 59.5 Å². The van der Waals surface area contributed by atoms with Crippen LogP contribution in [0.5, 0.6) is 0 Å². The topological polar surface area (TPSA) is 115 Å². The summed E-state index contributed by atoms with van der Waals surface area (Å²) in [4.78, 5) is 22.1. The van der Waals surface area contributed by atoms with Crippen LogP contribution in [0.1, 0.15) is 27.9 Å². The van der Waals surface area contributed by atoms with E-state index in [9.17, 15) is 4.79 Å². The number of fused-ring (bicyclic) bond motifs is 1. The van der Waals surface area contributed by atoms with Crippen molar-refractivity contribution in [1.82, 2.24) is 34.6 Å². The van der Waals surface area contributed by atoms with E-state index in [-0.39, 0.29) is 11.8 Å². The van der Waals surface area contributed by atoms with E-state index in [1.165, 1.54) is 0 Å². The molecule has 1 aliphatic rings. The van der Waals surface area contributed by atoms with E-state index < -0.39 is 0 Å². The first-order valence-electron chi connectivity index (χ1n) is 11.0. The van der Waals surface area contributed by atoms with Gasteiger partial charge in [0.2, 0.25) is 11.7 Å². The molecule has 6 rings (SSSR count). The summed E-state index contributed by atoms with van der Waals surface area (Å²) in [6.07, 6.45) is 5.30. The number of anilines is 1. The van der Waals surface area contributed by atoms with Crippen LogP contribution in [-0.4, -0.2) is 48.3 Å². The van der Waals surface area contributed by atoms with Crippen LogP contribution in [-0.2, 0) is 7.05 Å². The number of hydrogen-bond donors (Lipinski definition) is 2. The quantitative estimate of drug-likeness (QED) is 0.419. The molecule has 4 aromatic heterocycles. The molecule has 2 N–H and O–H groups in total. The van der Waals surface area contributed by atoms with Crippen molar-refractivity contribution in [2.45, 2.75) is 12.8 Å². The van der Waals surface area contributed by atoms with Gasteiger partial charge < -0.3 is 15.2 Å². The normalized spacial score (nSPS) is 13.8. The van der Waals surface area contributed by atoms with E-state index in [1.807, 2.05) is 62.8 Å². The van der Waals surface area contributed by atoms with Crippen LogP contribution in [0.25, 0.3) is 28.3 Å². The van der Waals surface area contributed by atoms with Crippen molar-refractivity contribution >= 4 is 17.2 Å². The third kappa shape index (κ3) is 3.54. The molecule has 0 aliphatic carbocycles. The van der Waals surface area contributed by atoms with Gasteiger partial charge in [0, 0.05) is 49.3 Å². The first-order chi connectivity index (χ1) is 16.5. The van der Waals surface area contributed by atoms with Crippen molar-refractivity contribution in [3.05, 3.63) is 72.1 Å². The molecule has 34 heavy (non-hydrogen) atoms. The Bertz CT molecular complexity index is 1530. The molecular formula is C24H22N8O2. The third-order valence-electron chi connectivity index (χ3n) is 6.07. The largest absolute Gasteiger partial charge is 0.339 e. The molecule has 5 aromatic rings. The van der Waals surface area contributed by atoms with Gasteiger partial charge in [0.05, 0.1) is 17.8 Å². The molecule has 1 aromatic carbocycles. The predicted molar refractivity (Wildman–Crippen MR) is 125 cm³/mol. The van der Waals surface area contributed by atoms with Gasteiger partial charge in [-0.25, -0.2) is 4.98 Å². The first-order valence-corrected chi connectivity index (χ1v) is 11.0. The molecule has 10 nitrogen and oxygen atoms in total. The van der Waals surface area contributed by atoms with Gasteiger partial charge in [0.25, 0.3) is 5.91 Å². The highest BCUT2D eigenvalue weighted by molar-refractivity contribution is 6.04. The number of nitrogens with one attached hydrogen (secondary N) is 2.